The molecule has 5 nitrogen and oxygen atoms in total. The third kappa shape index (κ3) is 3.35. The predicted molar refractivity (Wildman–Crippen MR) is 85.7 cm³/mol. The molecule has 1 amide bonds. The van der Waals surface area contributed by atoms with E-state index in [9.17, 15) is 4.79 Å². The molecular weight excluding hydrogens is 280 g/mol. The lowest BCUT2D eigenvalue weighted by molar-refractivity contribution is -0.116. The smallest absolute Gasteiger partial charge is 0.226 e. The van der Waals surface area contributed by atoms with Crippen molar-refractivity contribution in [3.63, 3.8) is 0 Å². The monoisotopic (exact) mass is 304 g/mol. The minimum atomic E-state index is 0.0198. The Kier molecular flexibility index (Phi) is 4.52. The van der Waals surface area contributed by atoms with Crippen LogP contribution in [0.2, 0.25) is 0 Å². The summed E-state index contributed by atoms with van der Waals surface area (Å²) in [6, 6.07) is 4.18. The fraction of sp³-hybridized carbons (Fsp3) is 0.588. The van der Waals surface area contributed by atoms with Crippen LogP contribution in [0.3, 0.4) is 0 Å². The lowest BCUT2D eigenvalue weighted by Crippen LogP contribution is -2.27. The number of benzene rings is 1. The highest BCUT2D eigenvalue weighted by Crippen LogP contribution is 2.38. The van der Waals surface area contributed by atoms with Crippen molar-refractivity contribution in [3.8, 4) is 11.5 Å². The van der Waals surface area contributed by atoms with E-state index in [1.54, 1.807) is 0 Å². The first-order chi connectivity index (χ1) is 10.7. The van der Waals surface area contributed by atoms with Crippen molar-refractivity contribution in [2.45, 2.75) is 51.7 Å². The number of hydrogen-bond acceptors (Lipinski definition) is 4. The maximum absolute atomic E-state index is 12.2. The average Bonchev–Trinajstić information content (AvgIpc) is 3.07. The molecule has 2 atom stereocenters. The second-order valence-corrected chi connectivity index (χ2v) is 6.07. The van der Waals surface area contributed by atoms with E-state index >= 15 is 0 Å². The van der Waals surface area contributed by atoms with Gasteiger partial charge in [-0.2, -0.15) is 0 Å². The molecule has 2 aliphatic rings. The zero-order chi connectivity index (χ0) is 15.5. The van der Waals surface area contributed by atoms with Crippen molar-refractivity contribution in [1.82, 2.24) is 5.32 Å². The summed E-state index contributed by atoms with van der Waals surface area (Å²) in [5.74, 6) is 1.60. The number of anilines is 1. The Bertz CT molecular complexity index is 553. The van der Waals surface area contributed by atoms with Crippen LogP contribution in [0.25, 0.3) is 0 Å². The zero-order valence-corrected chi connectivity index (χ0v) is 13.3. The third-order valence-corrected chi connectivity index (χ3v) is 4.17. The third-order valence-electron chi connectivity index (χ3n) is 4.17. The minimum Gasteiger partial charge on any atom is -0.492 e. The quantitative estimate of drug-likeness (QED) is 0.877. The first-order valence-electron chi connectivity index (χ1n) is 8.15. The molecule has 1 aromatic carbocycles. The van der Waals surface area contributed by atoms with Gasteiger partial charge in [0.1, 0.15) is 17.6 Å². The molecule has 2 N–H and O–H groups in total. The van der Waals surface area contributed by atoms with Crippen LogP contribution in [0.15, 0.2) is 12.1 Å². The topological polar surface area (TPSA) is 59.6 Å². The van der Waals surface area contributed by atoms with E-state index < -0.39 is 0 Å². The van der Waals surface area contributed by atoms with Crippen molar-refractivity contribution < 1.29 is 14.3 Å². The lowest BCUT2D eigenvalue weighted by atomic mass is 10.1. The molecule has 0 aliphatic carbocycles. The highest BCUT2D eigenvalue weighted by atomic mass is 16.5. The van der Waals surface area contributed by atoms with Gasteiger partial charge in [-0.3, -0.25) is 4.79 Å². The molecular formula is C17H24N2O3. The van der Waals surface area contributed by atoms with Crippen molar-refractivity contribution in [2.75, 3.05) is 18.5 Å². The van der Waals surface area contributed by atoms with Crippen molar-refractivity contribution in [1.29, 1.82) is 0 Å². The number of ether oxygens (including phenoxy) is 2. The van der Waals surface area contributed by atoms with Crippen LogP contribution in [0, 0.1) is 0 Å². The largest absolute Gasteiger partial charge is 0.492 e. The number of fused-ring (bicyclic) bond motifs is 1. The number of amides is 1. The van der Waals surface area contributed by atoms with Gasteiger partial charge in [-0.05, 0) is 39.3 Å². The summed E-state index contributed by atoms with van der Waals surface area (Å²) in [5.41, 5.74) is 1.85. The number of carbonyl (C=O) groups excluding carboxylic acids is 1. The van der Waals surface area contributed by atoms with Gasteiger partial charge in [0.2, 0.25) is 5.91 Å². The molecule has 2 aliphatic heterocycles. The fourth-order valence-corrected chi connectivity index (χ4v) is 3.17. The van der Waals surface area contributed by atoms with Crippen LogP contribution in [-0.2, 0) is 11.2 Å². The van der Waals surface area contributed by atoms with Crippen LogP contribution in [0.5, 0.6) is 11.5 Å². The molecule has 0 saturated carbocycles. The highest BCUT2D eigenvalue weighted by Gasteiger charge is 2.23. The summed E-state index contributed by atoms with van der Waals surface area (Å²) in [6.45, 7) is 5.57. The zero-order valence-electron chi connectivity index (χ0n) is 13.3. The van der Waals surface area contributed by atoms with Crippen LogP contribution in [-0.4, -0.2) is 31.2 Å². The Balaban J connectivity index is 1.73. The summed E-state index contributed by atoms with van der Waals surface area (Å²) in [5, 5.41) is 6.33. The van der Waals surface area contributed by atoms with E-state index in [4.69, 9.17) is 9.47 Å². The van der Waals surface area contributed by atoms with E-state index in [2.05, 4.69) is 10.6 Å². The summed E-state index contributed by atoms with van der Waals surface area (Å²) < 4.78 is 11.5. The second kappa shape index (κ2) is 6.57. The van der Waals surface area contributed by atoms with Crippen LogP contribution < -0.4 is 20.1 Å². The van der Waals surface area contributed by atoms with E-state index in [0.29, 0.717) is 24.8 Å². The van der Waals surface area contributed by atoms with Crippen molar-refractivity contribution in [3.05, 3.63) is 17.7 Å². The normalized spacial score (nSPS) is 23.0. The molecule has 0 bridgehead atoms. The van der Waals surface area contributed by atoms with Gasteiger partial charge in [-0.25, -0.2) is 0 Å². The number of nitrogens with one attached hydrogen (secondary N) is 2. The Hall–Kier alpha value is -1.75. The lowest BCUT2D eigenvalue weighted by Gasteiger charge is -2.15. The Morgan fingerprint density at radius 2 is 2.36 bits per heavy atom. The number of hydrogen-bond donors (Lipinski definition) is 2. The summed E-state index contributed by atoms with van der Waals surface area (Å²) in [6.07, 6.45) is 3.77. The SMILES string of the molecule is CCOc1cc2c(cc1NC(=O)CC1CCCN1)OC(C)C2. The molecule has 1 saturated heterocycles. The van der Waals surface area contributed by atoms with Crippen LogP contribution in [0.1, 0.15) is 38.7 Å². The number of carbonyl (C=O) groups is 1. The molecule has 1 aromatic rings. The highest BCUT2D eigenvalue weighted by molar-refractivity contribution is 5.93. The summed E-state index contributed by atoms with van der Waals surface area (Å²) >= 11 is 0. The van der Waals surface area contributed by atoms with Gasteiger partial charge in [-0.15, -0.1) is 0 Å². The van der Waals surface area contributed by atoms with Crippen molar-refractivity contribution in [2.24, 2.45) is 0 Å². The van der Waals surface area contributed by atoms with Gasteiger partial charge in [0.25, 0.3) is 0 Å². The molecule has 0 radical (unpaired) electrons. The summed E-state index contributed by atoms with van der Waals surface area (Å²) in [4.78, 5) is 12.2. The second-order valence-electron chi connectivity index (χ2n) is 6.07. The van der Waals surface area contributed by atoms with Crippen LogP contribution >= 0.6 is 0 Å². The molecule has 0 spiro atoms. The van der Waals surface area contributed by atoms with E-state index in [0.717, 1.165) is 42.9 Å². The van der Waals surface area contributed by atoms with Crippen LogP contribution in [0.4, 0.5) is 5.69 Å². The molecule has 2 heterocycles. The Morgan fingerprint density at radius 1 is 1.50 bits per heavy atom. The summed E-state index contributed by atoms with van der Waals surface area (Å²) in [7, 11) is 0. The van der Waals surface area contributed by atoms with Gasteiger partial charge < -0.3 is 20.1 Å². The molecule has 3 rings (SSSR count). The Morgan fingerprint density at radius 3 is 3.09 bits per heavy atom. The standard InChI is InChI=1S/C17H24N2O3/c1-3-21-16-8-12-7-11(2)22-15(12)10-14(16)19-17(20)9-13-5-4-6-18-13/h8,10-11,13,18H,3-7,9H2,1-2H3,(H,19,20). The maximum atomic E-state index is 12.2. The van der Waals surface area contributed by atoms with Gasteiger partial charge in [-0.1, -0.05) is 0 Å². The first kappa shape index (κ1) is 15.2. The molecule has 120 valence electrons. The number of rotatable bonds is 5. The van der Waals surface area contributed by atoms with Gasteiger partial charge >= 0.3 is 0 Å². The van der Waals surface area contributed by atoms with Gasteiger partial charge in [0.05, 0.1) is 12.3 Å². The van der Waals surface area contributed by atoms with E-state index in [1.165, 1.54) is 0 Å². The first-order valence-corrected chi connectivity index (χ1v) is 8.15. The molecule has 2 unspecified atom stereocenters. The maximum Gasteiger partial charge on any atom is 0.226 e. The van der Waals surface area contributed by atoms with Gasteiger partial charge in [0, 0.05) is 30.5 Å². The van der Waals surface area contributed by atoms with Gasteiger partial charge in [0.15, 0.2) is 0 Å². The molecule has 1 fully saturated rings. The molecule has 0 aromatic heterocycles. The van der Waals surface area contributed by atoms with E-state index in [-0.39, 0.29) is 12.0 Å². The molecule has 22 heavy (non-hydrogen) atoms. The average molecular weight is 304 g/mol. The Labute approximate surface area is 131 Å². The minimum absolute atomic E-state index is 0.0198. The fourth-order valence-electron chi connectivity index (χ4n) is 3.17. The van der Waals surface area contributed by atoms with E-state index in [1.807, 2.05) is 26.0 Å². The molecule has 5 heteroatoms. The van der Waals surface area contributed by atoms with Crippen molar-refractivity contribution >= 4 is 11.6 Å². The predicted octanol–water partition coefficient (Wildman–Crippen LogP) is 2.49.